The molecule has 122 valence electrons. The third kappa shape index (κ3) is 4.12. The van der Waals surface area contributed by atoms with E-state index in [1.807, 2.05) is 0 Å². The van der Waals surface area contributed by atoms with Crippen molar-refractivity contribution in [2.24, 2.45) is 0 Å². The maximum atomic E-state index is 12.1. The second-order valence-corrected chi connectivity index (χ2v) is 5.18. The summed E-state index contributed by atoms with van der Waals surface area (Å²) in [7, 11) is 1.49. The first-order valence-electron chi connectivity index (χ1n) is 7.27. The van der Waals surface area contributed by atoms with Crippen molar-refractivity contribution in [3.63, 3.8) is 0 Å². The van der Waals surface area contributed by atoms with E-state index in [2.05, 4.69) is 10.3 Å². The van der Waals surface area contributed by atoms with Crippen molar-refractivity contribution in [1.82, 2.24) is 4.98 Å². The number of ether oxygens (including phenoxy) is 2. The van der Waals surface area contributed by atoms with Crippen molar-refractivity contribution in [2.75, 3.05) is 12.4 Å². The van der Waals surface area contributed by atoms with E-state index in [0.29, 0.717) is 29.2 Å². The number of methoxy groups -OCH3 is 1. The van der Waals surface area contributed by atoms with Crippen LogP contribution in [0, 0.1) is 0 Å². The molecule has 2 rings (SSSR count). The molecule has 0 atom stereocenters. The SMILES string of the molecule is COc1cccc(CNc2ncccc2C(=O)OC(C)C)c1O. The Morgan fingerprint density at radius 2 is 2.09 bits per heavy atom. The first-order valence-corrected chi connectivity index (χ1v) is 7.27. The summed E-state index contributed by atoms with van der Waals surface area (Å²) in [4.78, 5) is 16.3. The highest BCUT2D eigenvalue weighted by molar-refractivity contribution is 5.94. The predicted molar refractivity (Wildman–Crippen MR) is 86.8 cm³/mol. The normalized spacial score (nSPS) is 10.4. The highest BCUT2D eigenvalue weighted by atomic mass is 16.5. The van der Waals surface area contributed by atoms with Gasteiger partial charge in [-0.3, -0.25) is 0 Å². The molecular weight excluding hydrogens is 296 g/mol. The van der Waals surface area contributed by atoms with Crippen LogP contribution < -0.4 is 10.1 Å². The number of esters is 1. The van der Waals surface area contributed by atoms with E-state index < -0.39 is 5.97 Å². The number of carbonyl (C=O) groups excluding carboxylic acids is 1. The van der Waals surface area contributed by atoms with E-state index in [-0.39, 0.29) is 11.9 Å². The number of benzene rings is 1. The third-order valence-corrected chi connectivity index (χ3v) is 3.12. The van der Waals surface area contributed by atoms with E-state index in [9.17, 15) is 9.90 Å². The second-order valence-electron chi connectivity index (χ2n) is 5.18. The largest absolute Gasteiger partial charge is 0.504 e. The van der Waals surface area contributed by atoms with E-state index in [0.717, 1.165) is 0 Å². The number of hydrogen-bond donors (Lipinski definition) is 2. The molecule has 0 spiro atoms. The molecule has 0 radical (unpaired) electrons. The van der Waals surface area contributed by atoms with Gasteiger partial charge in [-0.1, -0.05) is 12.1 Å². The average molecular weight is 316 g/mol. The lowest BCUT2D eigenvalue weighted by Crippen LogP contribution is -2.15. The molecule has 0 saturated heterocycles. The smallest absolute Gasteiger partial charge is 0.342 e. The van der Waals surface area contributed by atoms with Crippen LogP contribution in [0.5, 0.6) is 11.5 Å². The zero-order chi connectivity index (χ0) is 16.8. The Hall–Kier alpha value is -2.76. The van der Waals surface area contributed by atoms with Gasteiger partial charge in [0, 0.05) is 18.3 Å². The summed E-state index contributed by atoms with van der Waals surface area (Å²) in [6.07, 6.45) is 1.37. The van der Waals surface area contributed by atoms with Crippen LogP contribution in [-0.4, -0.2) is 29.3 Å². The lowest BCUT2D eigenvalue weighted by Gasteiger charge is -2.13. The molecule has 0 saturated carbocycles. The fourth-order valence-corrected chi connectivity index (χ4v) is 2.04. The molecule has 6 heteroatoms. The first kappa shape index (κ1) is 16.6. The Labute approximate surface area is 135 Å². The van der Waals surface area contributed by atoms with E-state index in [1.54, 1.807) is 50.4 Å². The molecule has 2 aromatic rings. The van der Waals surface area contributed by atoms with Gasteiger partial charge in [0.2, 0.25) is 0 Å². The minimum atomic E-state index is -0.439. The Kier molecular flexibility index (Phi) is 5.41. The fourth-order valence-electron chi connectivity index (χ4n) is 2.04. The molecule has 1 aromatic heterocycles. The fraction of sp³-hybridized carbons (Fsp3) is 0.294. The quantitative estimate of drug-likeness (QED) is 0.798. The number of pyridine rings is 1. The van der Waals surface area contributed by atoms with Crippen LogP contribution in [0.4, 0.5) is 5.82 Å². The number of rotatable bonds is 6. The average Bonchev–Trinajstić information content (AvgIpc) is 2.53. The zero-order valence-corrected chi connectivity index (χ0v) is 13.4. The first-order chi connectivity index (χ1) is 11.0. The molecule has 2 N–H and O–H groups in total. The van der Waals surface area contributed by atoms with Crippen molar-refractivity contribution in [2.45, 2.75) is 26.5 Å². The summed E-state index contributed by atoms with van der Waals surface area (Å²) in [5.41, 5.74) is 0.988. The second kappa shape index (κ2) is 7.49. The molecule has 0 bridgehead atoms. The van der Waals surface area contributed by atoms with Crippen LogP contribution in [0.15, 0.2) is 36.5 Å². The maximum Gasteiger partial charge on any atom is 0.342 e. The van der Waals surface area contributed by atoms with E-state index in [1.165, 1.54) is 7.11 Å². The molecule has 0 aliphatic rings. The van der Waals surface area contributed by atoms with Gasteiger partial charge in [-0.25, -0.2) is 9.78 Å². The van der Waals surface area contributed by atoms with Gasteiger partial charge in [0.15, 0.2) is 11.5 Å². The molecule has 1 aromatic carbocycles. The molecule has 6 nitrogen and oxygen atoms in total. The number of hydrogen-bond acceptors (Lipinski definition) is 6. The number of carbonyl (C=O) groups is 1. The lowest BCUT2D eigenvalue weighted by atomic mass is 10.1. The van der Waals surface area contributed by atoms with E-state index in [4.69, 9.17) is 9.47 Å². The number of aromatic nitrogens is 1. The van der Waals surface area contributed by atoms with Crippen molar-refractivity contribution >= 4 is 11.8 Å². The highest BCUT2D eigenvalue weighted by Crippen LogP contribution is 2.29. The molecule has 1 heterocycles. The van der Waals surface area contributed by atoms with Gasteiger partial charge in [0.1, 0.15) is 11.4 Å². The Morgan fingerprint density at radius 1 is 1.30 bits per heavy atom. The van der Waals surface area contributed by atoms with Crippen LogP contribution in [0.25, 0.3) is 0 Å². The van der Waals surface area contributed by atoms with Gasteiger partial charge in [-0.2, -0.15) is 0 Å². The van der Waals surface area contributed by atoms with Gasteiger partial charge in [0.05, 0.1) is 13.2 Å². The molecule has 23 heavy (non-hydrogen) atoms. The van der Waals surface area contributed by atoms with Gasteiger partial charge < -0.3 is 19.9 Å². The summed E-state index contributed by atoms with van der Waals surface area (Å²) >= 11 is 0. The highest BCUT2D eigenvalue weighted by Gasteiger charge is 2.15. The number of anilines is 1. The molecule has 0 unspecified atom stereocenters. The summed E-state index contributed by atoms with van der Waals surface area (Å²) in [6.45, 7) is 3.87. The summed E-state index contributed by atoms with van der Waals surface area (Å²) in [5, 5.41) is 13.1. The van der Waals surface area contributed by atoms with Gasteiger partial charge in [0.25, 0.3) is 0 Å². The molecule has 0 aliphatic carbocycles. The van der Waals surface area contributed by atoms with Crippen molar-refractivity contribution in [3.05, 3.63) is 47.7 Å². The minimum Gasteiger partial charge on any atom is -0.504 e. The van der Waals surface area contributed by atoms with Gasteiger partial charge in [-0.15, -0.1) is 0 Å². The molecular formula is C17H20N2O4. The topological polar surface area (TPSA) is 80.7 Å². The Balaban J connectivity index is 2.17. The lowest BCUT2D eigenvalue weighted by molar-refractivity contribution is 0.0378. The summed E-state index contributed by atoms with van der Waals surface area (Å²) < 4.78 is 10.3. The standard InChI is InChI=1S/C17H20N2O4/c1-11(2)23-17(21)13-7-5-9-18-16(13)19-10-12-6-4-8-14(22-3)15(12)20/h4-9,11,20H,10H2,1-3H3,(H,18,19). The van der Waals surface area contributed by atoms with Crippen LogP contribution in [-0.2, 0) is 11.3 Å². The van der Waals surface area contributed by atoms with Crippen molar-refractivity contribution < 1.29 is 19.4 Å². The minimum absolute atomic E-state index is 0.0599. The summed E-state index contributed by atoms with van der Waals surface area (Å²) in [5.74, 6) is 0.417. The molecule has 0 aliphatic heterocycles. The maximum absolute atomic E-state index is 12.1. The monoisotopic (exact) mass is 316 g/mol. The third-order valence-electron chi connectivity index (χ3n) is 3.12. The van der Waals surface area contributed by atoms with Gasteiger partial charge in [-0.05, 0) is 32.0 Å². The number of phenols is 1. The molecule has 0 amide bonds. The van der Waals surface area contributed by atoms with Crippen LogP contribution in [0.2, 0.25) is 0 Å². The number of para-hydroxylation sites is 1. The van der Waals surface area contributed by atoms with Crippen molar-refractivity contribution in [3.8, 4) is 11.5 Å². The van der Waals surface area contributed by atoms with Crippen LogP contribution >= 0.6 is 0 Å². The summed E-state index contributed by atoms with van der Waals surface area (Å²) in [6, 6.07) is 8.53. The van der Waals surface area contributed by atoms with E-state index >= 15 is 0 Å². The number of phenolic OH excluding ortho intramolecular Hbond substituents is 1. The molecule has 0 fully saturated rings. The van der Waals surface area contributed by atoms with Crippen LogP contribution in [0.1, 0.15) is 29.8 Å². The Bertz CT molecular complexity index is 686. The number of nitrogens with one attached hydrogen (secondary N) is 1. The van der Waals surface area contributed by atoms with Crippen LogP contribution in [0.3, 0.4) is 0 Å². The van der Waals surface area contributed by atoms with Crippen molar-refractivity contribution in [1.29, 1.82) is 0 Å². The Morgan fingerprint density at radius 3 is 2.78 bits per heavy atom. The number of nitrogens with zero attached hydrogens (tertiary/aromatic N) is 1. The zero-order valence-electron chi connectivity index (χ0n) is 13.4. The predicted octanol–water partition coefficient (Wildman–Crippen LogP) is 2.97. The number of aromatic hydroxyl groups is 1. The van der Waals surface area contributed by atoms with Gasteiger partial charge >= 0.3 is 5.97 Å².